The Bertz CT molecular complexity index is 271. The van der Waals surface area contributed by atoms with E-state index in [2.05, 4.69) is 17.4 Å². The molecule has 1 heterocycles. The molecule has 1 aliphatic rings. The number of benzene rings is 1. The molecule has 2 N–H and O–H groups in total. The Labute approximate surface area is 72.2 Å². The Kier molecular flexibility index (Phi) is 1.58. The maximum atomic E-state index is 9.13. The number of hydrogen-bond acceptors (Lipinski definition) is 2. The van der Waals surface area contributed by atoms with Gasteiger partial charge in [-0.1, -0.05) is 18.2 Å². The third-order valence-electron chi connectivity index (χ3n) is 2.38. The van der Waals surface area contributed by atoms with E-state index in [0.717, 1.165) is 12.1 Å². The van der Waals surface area contributed by atoms with Crippen LogP contribution in [0.1, 0.15) is 12.5 Å². The predicted molar refractivity (Wildman–Crippen MR) is 49.3 cm³/mol. The summed E-state index contributed by atoms with van der Waals surface area (Å²) in [4.78, 5) is 0. The molecule has 64 valence electrons. The lowest BCUT2D eigenvalue weighted by molar-refractivity contribution is 0.227. The molecule has 0 radical (unpaired) electrons. The second kappa shape index (κ2) is 2.49. The minimum absolute atomic E-state index is 0.149. The number of fused-ring (bicyclic) bond motifs is 1. The van der Waals surface area contributed by atoms with Gasteiger partial charge in [-0.05, 0) is 25.0 Å². The topological polar surface area (TPSA) is 32.3 Å². The molecule has 0 bridgehead atoms. The van der Waals surface area contributed by atoms with Gasteiger partial charge < -0.3 is 10.4 Å². The molecule has 1 unspecified atom stereocenters. The van der Waals surface area contributed by atoms with Gasteiger partial charge in [-0.15, -0.1) is 0 Å². The van der Waals surface area contributed by atoms with E-state index >= 15 is 0 Å². The van der Waals surface area contributed by atoms with Crippen LogP contribution in [0.2, 0.25) is 0 Å². The number of aliphatic hydroxyl groups is 1. The van der Waals surface area contributed by atoms with Gasteiger partial charge in [0.05, 0.1) is 12.1 Å². The van der Waals surface area contributed by atoms with Crippen LogP contribution < -0.4 is 5.32 Å². The van der Waals surface area contributed by atoms with E-state index in [0.29, 0.717) is 0 Å². The summed E-state index contributed by atoms with van der Waals surface area (Å²) in [6.45, 7) is 2.22. The number of hydrogen-bond donors (Lipinski definition) is 2. The highest BCUT2D eigenvalue weighted by Crippen LogP contribution is 2.31. The van der Waals surface area contributed by atoms with Crippen LogP contribution in [0.3, 0.4) is 0 Å². The van der Waals surface area contributed by atoms with E-state index in [1.165, 1.54) is 5.56 Å². The molecule has 1 aliphatic heterocycles. The van der Waals surface area contributed by atoms with Gasteiger partial charge in [-0.3, -0.25) is 0 Å². The van der Waals surface area contributed by atoms with E-state index in [1.807, 2.05) is 19.1 Å². The number of anilines is 1. The van der Waals surface area contributed by atoms with Crippen LogP contribution in [-0.2, 0) is 6.42 Å². The number of aliphatic hydroxyl groups excluding tert-OH is 1. The lowest BCUT2D eigenvalue weighted by Crippen LogP contribution is -2.36. The third kappa shape index (κ3) is 1.08. The van der Waals surface area contributed by atoms with E-state index < -0.39 is 0 Å². The van der Waals surface area contributed by atoms with Crippen molar-refractivity contribution in [2.24, 2.45) is 0 Å². The first-order valence-corrected chi connectivity index (χ1v) is 4.20. The summed E-state index contributed by atoms with van der Waals surface area (Å²) in [7, 11) is 0. The van der Waals surface area contributed by atoms with Crippen molar-refractivity contribution in [3.05, 3.63) is 29.8 Å². The molecule has 0 aromatic heterocycles. The maximum absolute atomic E-state index is 9.13. The van der Waals surface area contributed by atoms with Crippen molar-refractivity contribution in [1.82, 2.24) is 0 Å². The first-order chi connectivity index (χ1) is 5.73. The lowest BCUT2D eigenvalue weighted by atomic mass is 9.99. The monoisotopic (exact) mass is 163 g/mol. The molecule has 1 atom stereocenters. The quantitative estimate of drug-likeness (QED) is 0.656. The highest BCUT2D eigenvalue weighted by Gasteiger charge is 2.30. The van der Waals surface area contributed by atoms with Crippen molar-refractivity contribution in [2.45, 2.75) is 18.9 Å². The molecule has 0 fully saturated rings. The predicted octanol–water partition coefficient (Wildman–Crippen LogP) is 1.41. The molecule has 1 aromatic carbocycles. The molecule has 0 saturated carbocycles. The van der Waals surface area contributed by atoms with Crippen molar-refractivity contribution >= 4 is 5.69 Å². The summed E-state index contributed by atoms with van der Waals surface area (Å²) < 4.78 is 0. The largest absolute Gasteiger partial charge is 0.394 e. The fraction of sp³-hybridized carbons (Fsp3) is 0.400. The molecule has 2 nitrogen and oxygen atoms in total. The Morgan fingerprint density at radius 3 is 2.92 bits per heavy atom. The molecular formula is C10H13NO. The van der Waals surface area contributed by atoms with Crippen LogP contribution >= 0.6 is 0 Å². The first-order valence-electron chi connectivity index (χ1n) is 4.20. The van der Waals surface area contributed by atoms with Crippen LogP contribution in [0.15, 0.2) is 24.3 Å². The van der Waals surface area contributed by atoms with Gasteiger partial charge in [0.15, 0.2) is 0 Å². The molecular weight excluding hydrogens is 150 g/mol. The molecule has 2 heteroatoms. The molecule has 0 spiro atoms. The fourth-order valence-electron chi connectivity index (χ4n) is 1.68. The molecule has 2 rings (SSSR count). The average Bonchev–Trinajstić information content (AvgIpc) is 2.42. The van der Waals surface area contributed by atoms with Crippen molar-refractivity contribution in [1.29, 1.82) is 0 Å². The van der Waals surface area contributed by atoms with Crippen LogP contribution in [0.25, 0.3) is 0 Å². The summed E-state index contributed by atoms with van der Waals surface area (Å²) in [5.74, 6) is 0. The molecule has 0 aliphatic carbocycles. The Morgan fingerprint density at radius 2 is 2.25 bits per heavy atom. The molecule has 0 saturated heterocycles. The zero-order valence-corrected chi connectivity index (χ0v) is 7.17. The molecule has 12 heavy (non-hydrogen) atoms. The van der Waals surface area contributed by atoms with Crippen molar-refractivity contribution in [3.8, 4) is 0 Å². The lowest BCUT2D eigenvalue weighted by Gasteiger charge is -2.21. The van der Waals surface area contributed by atoms with Gasteiger partial charge in [-0.25, -0.2) is 0 Å². The summed E-state index contributed by atoms with van der Waals surface area (Å²) >= 11 is 0. The second-order valence-corrected chi connectivity index (χ2v) is 3.68. The number of rotatable bonds is 1. The number of para-hydroxylation sites is 1. The zero-order chi connectivity index (χ0) is 8.60. The van der Waals surface area contributed by atoms with Gasteiger partial charge in [-0.2, -0.15) is 0 Å². The van der Waals surface area contributed by atoms with Crippen LogP contribution in [-0.4, -0.2) is 17.3 Å². The zero-order valence-electron chi connectivity index (χ0n) is 7.17. The van der Waals surface area contributed by atoms with Crippen molar-refractivity contribution < 1.29 is 5.11 Å². The smallest absolute Gasteiger partial charge is 0.0662 e. The van der Waals surface area contributed by atoms with Gasteiger partial charge in [0.2, 0.25) is 0 Å². The van der Waals surface area contributed by atoms with E-state index in [1.54, 1.807) is 0 Å². The Hall–Kier alpha value is -1.02. The highest BCUT2D eigenvalue weighted by molar-refractivity contribution is 5.58. The van der Waals surface area contributed by atoms with E-state index in [4.69, 9.17) is 5.11 Å². The van der Waals surface area contributed by atoms with Crippen LogP contribution in [0.4, 0.5) is 5.69 Å². The molecule has 1 aromatic rings. The summed E-state index contributed by atoms with van der Waals surface area (Å²) in [6.07, 6.45) is 0.916. The van der Waals surface area contributed by atoms with E-state index in [-0.39, 0.29) is 12.1 Å². The maximum Gasteiger partial charge on any atom is 0.0662 e. The van der Waals surface area contributed by atoms with Crippen molar-refractivity contribution in [3.63, 3.8) is 0 Å². The standard InChI is InChI=1S/C10H13NO/c1-10(7-12)6-8-4-2-3-5-9(8)11-10/h2-5,11-12H,6-7H2,1H3. The average molecular weight is 163 g/mol. The number of nitrogens with one attached hydrogen (secondary N) is 1. The minimum atomic E-state index is -0.149. The van der Waals surface area contributed by atoms with Crippen molar-refractivity contribution in [2.75, 3.05) is 11.9 Å². The second-order valence-electron chi connectivity index (χ2n) is 3.68. The normalized spacial score (nSPS) is 26.5. The van der Waals surface area contributed by atoms with E-state index in [9.17, 15) is 0 Å². The Morgan fingerprint density at radius 1 is 1.50 bits per heavy atom. The summed E-state index contributed by atoms with van der Waals surface area (Å²) in [6, 6.07) is 8.19. The molecule has 0 amide bonds. The summed E-state index contributed by atoms with van der Waals surface area (Å²) in [5, 5.41) is 12.4. The van der Waals surface area contributed by atoms with Crippen LogP contribution in [0.5, 0.6) is 0 Å². The van der Waals surface area contributed by atoms with Crippen LogP contribution in [0, 0.1) is 0 Å². The summed E-state index contributed by atoms with van der Waals surface area (Å²) in [5.41, 5.74) is 2.31. The van der Waals surface area contributed by atoms with Gasteiger partial charge in [0.25, 0.3) is 0 Å². The fourth-order valence-corrected chi connectivity index (χ4v) is 1.68. The SMILES string of the molecule is CC1(CO)Cc2ccccc2N1. The first kappa shape index (κ1) is 7.62. The van der Waals surface area contributed by atoms with Gasteiger partial charge in [0.1, 0.15) is 0 Å². The third-order valence-corrected chi connectivity index (χ3v) is 2.38. The highest BCUT2D eigenvalue weighted by atomic mass is 16.3. The van der Waals surface area contributed by atoms with Gasteiger partial charge >= 0.3 is 0 Å². The minimum Gasteiger partial charge on any atom is -0.394 e. The Balaban J connectivity index is 2.33. The van der Waals surface area contributed by atoms with Gasteiger partial charge in [0, 0.05) is 5.69 Å².